The van der Waals surface area contributed by atoms with E-state index in [0.29, 0.717) is 16.5 Å². The number of nitrogen functional groups attached to an aromatic ring is 1. The summed E-state index contributed by atoms with van der Waals surface area (Å²) in [6, 6.07) is 4.14. The SMILES string of the molecule is Cc1nnc(Nc2cc(F)ccc2N)s1. The molecule has 0 spiro atoms. The van der Waals surface area contributed by atoms with E-state index in [9.17, 15) is 4.39 Å². The molecule has 0 bridgehead atoms. The van der Waals surface area contributed by atoms with E-state index in [1.807, 2.05) is 6.92 Å². The smallest absolute Gasteiger partial charge is 0.210 e. The van der Waals surface area contributed by atoms with Crippen molar-refractivity contribution in [1.29, 1.82) is 0 Å². The summed E-state index contributed by atoms with van der Waals surface area (Å²) < 4.78 is 12.9. The lowest BCUT2D eigenvalue weighted by atomic mass is 10.2. The number of aryl methyl sites for hydroxylation is 1. The molecular weight excluding hydrogens is 215 g/mol. The summed E-state index contributed by atoms with van der Waals surface area (Å²) in [6.07, 6.45) is 0. The number of hydrogen-bond donors (Lipinski definition) is 2. The van der Waals surface area contributed by atoms with E-state index < -0.39 is 0 Å². The third kappa shape index (κ3) is 2.21. The normalized spacial score (nSPS) is 10.3. The number of aromatic nitrogens is 2. The summed E-state index contributed by atoms with van der Waals surface area (Å²) in [7, 11) is 0. The first kappa shape index (κ1) is 9.85. The van der Waals surface area contributed by atoms with E-state index in [4.69, 9.17) is 5.73 Å². The highest BCUT2D eigenvalue weighted by atomic mass is 32.1. The number of rotatable bonds is 2. The molecule has 1 heterocycles. The van der Waals surface area contributed by atoms with E-state index in [-0.39, 0.29) is 5.82 Å². The van der Waals surface area contributed by atoms with Crippen LogP contribution in [0.1, 0.15) is 5.01 Å². The highest BCUT2D eigenvalue weighted by Crippen LogP contribution is 2.25. The first-order valence-electron chi connectivity index (χ1n) is 4.27. The lowest BCUT2D eigenvalue weighted by molar-refractivity contribution is 0.628. The lowest BCUT2D eigenvalue weighted by Gasteiger charge is -2.05. The van der Waals surface area contributed by atoms with Crippen LogP contribution in [0.4, 0.5) is 20.9 Å². The first-order chi connectivity index (χ1) is 7.15. The minimum absolute atomic E-state index is 0.340. The second-order valence-electron chi connectivity index (χ2n) is 2.98. The molecule has 0 unspecified atom stereocenters. The second-order valence-corrected chi connectivity index (χ2v) is 4.16. The highest BCUT2D eigenvalue weighted by Gasteiger charge is 2.04. The van der Waals surface area contributed by atoms with Crippen LogP contribution in [0.25, 0.3) is 0 Å². The van der Waals surface area contributed by atoms with Crippen molar-refractivity contribution in [3.8, 4) is 0 Å². The van der Waals surface area contributed by atoms with E-state index in [0.717, 1.165) is 5.01 Å². The molecule has 2 aromatic rings. The quantitative estimate of drug-likeness (QED) is 0.768. The lowest BCUT2D eigenvalue weighted by Crippen LogP contribution is -1.96. The Morgan fingerprint density at radius 3 is 2.87 bits per heavy atom. The Labute approximate surface area is 90.0 Å². The Morgan fingerprint density at radius 2 is 2.20 bits per heavy atom. The maximum atomic E-state index is 12.9. The van der Waals surface area contributed by atoms with Gasteiger partial charge >= 0.3 is 0 Å². The van der Waals surface area contributed by atoms with Crippen LogP contribution >= 0.6 is 11.3 Å². The molecule has 3 N–H and O–H groups in total. The van der Waals surface area contributed by atoms with Crippen LogP contribution in [0.2, 0.25) is 0 Å². The van der Waals surface area contributed by atoms with Crippen molar-refractivity contribution >= 4 is 27.8 Å². The number of nitrogens with zero attached hydrogens (tertiary/aromatic N) is 2. The molecule has 0 atom stereocenters. The minimum Gasteiger partial charge on any atom is -0.397 e. The zero-order valence-electron chi connectivity index (χ0n) is 7.99. The molecule has 0 aliphatic heterocycles. The van der Waals surface area contributed by atoms with Gasteiger partial charge in [-0.3, -0.25) is 0 Å². The van der Waals surface area contributed by atoms with Gasteiger partial charge in [-0.05, 0) is 25.1 Å². The van der Waals surface area contributed by atoms with Gasteiger partial charge in [0.2, 0.25) is 5.13 Å². The van der Waals surface area contributed by atoms with Gasteiger partial charge in [-0.2, -0.15) is 0 Å². The predicted molar refractivity (Wildman–Crippen MR) is 58.7 cm³/mol. The number of benzene rings is 1. The average molecular weight is 224 g/mol. The van der Waals surface area contributed by atoms with Gasteiger partial charge in [0.15, 0.2) is 0 Å². The predicted octanol–water partition coefficient (Wildman–Crippen LogP) is 2.31. The van der Waals surface area contributed by atoms with Crippen molar-refractivity contribution in [3.05, 3.63) is 29.0 Å². The van der Waals surface area contributed by atoms with Crippen LogP contribution in [-0.4, -0.2) is 10.2 Å². The van der Waals surface area contributed by atoms with Gasteiger partial charge in [0.05, 0.1) is 11.4 Å². The molecule has 15 heavy (non-hydrogen) atoms. The third-order valence-electron chi connectivity index (χ3n) is 1.78. The molecule has 0 amide bonds. The Hall–Kier alpha value is -1.69. The number of hydrogen-bond acceptors (Lipinski definition) is 5. The molecule has 1 aromatic carbocycles. The standard InChI is InChI=1S/C9H9FN4S/c1-5-13-14-9(15-5)12-8-4-6(10)2-3-7(8)11/h2-4H,11H2,1H3,(H,12,14). The van der Waals surface area contributed by atoms with Crippen molar-refractivity contribution in [3.63, 3.8) is 0 Å². The third-order valence-corrected chi connectivity index (χ3v) is 2.54. The molecule has 0 saturated heterocycles. The average Bonchev–Trinajstić information content (AvgIpc) is 2.58. The van der Waals surface area contributed by atoms with Gasteiger partial charge in [0, 0.05) is 0 Å². The fourth-order valence-corrected chi connectivity index (χ4v) is 1.70. The second kappa shape index (κ2) is 3.82. The largest absolute Gasteiger partial charge is 0.397 e. The molecular formula is C9H9FN4S. The minimum atomic E-state index is -0.340. The van der Waals surface area contributed by atoms with E-state index in [2.05, 4.69) is 15.5 Å². The highest BCUT2D eigenvalue weighted by molar-refractivity contribution is 7.15. The summed E-state index contributed by atoms with van der Waals surface area (Å²) in [5.74, 6) is -0.340. The van der Waals surface area contributed by atoms with Gasteiger partial charge in [-0.25, -0.2) is 4.39 Å². The molecule has 1 aromatic heterocycles. The summed E-state index contributed by atoms with van der Waals surface area (Å²) in [5, 5.41) is 12.1. The number of nitrogens with one attached hydrogen (secondary N) is 1. The van der Waals surface area contributed by atoms with Crippen molar-refractivity contribution in [2.45, 2.75) is 6.92 Å². The van der Waals surface area contributed by atoms with E-state index in [1.165, 1.54) is 29.5 Å². The zero-order chi connectivity index (χ0) is 10.8. The molecule has 0 aliphatic carbocycles. The zero-order valence-corrected chi connectivity index (χ0v) is 8.81. The first-order valence-corrected chi connectivity index (χ1v) is 5.09. The molecule has 0 radical (unpaired) electrons. The Morgan fingerprint density at radius 1 is 1.40 bits per heavy atom. The van der Waals surface area contributed by atoms with Gasteiger partial charge in [0.1, 0.15) is 10.8 Å². The fraction of sp³-hybridized carbons (Fsp3) is 0.111. The maximum absolute atomic E-state index is 12.9. The molecule has 0 aliphatic rings. The van der Waals surface area contributed by atoms with Crippen molar-refractivity contribution in [1.82, 2.24) is 10.2 Å². The van der Waals surface area contributed by atoms with Gasteiger partial charge in [-0.1, -0.05) is 11.3 Å². The van der Waals surface area contributed by atoms with Crippen molar-refractivity contribution in [2.75, 3.05) is 11.1 Å². The Balaban J connectivity index is 2.27. The molecule has 4 nitrogen and oxygen atoms in total. The van der Waals surface area contributed by atoms with Crippen molar-refractivity contribution in [2.24, 2.45) is 0 Å². The van der Waals surface area contributed by atoms with Crippen LogP contribution in [0.3, 0.4) is 0 Å². The molecule has 6 heteroatoms. The van der Waals surface area contributed by atoms with Crippen molar-refractivity contribution < 1.29 is 4.39 Å². The maximum Gasteiger partial charge on any atom is 0.210 e. The van der Waals surface area contributed by atoms with Crippen LogP contribution in [0.5, 0.6) is 0 Å². The van der Waals surface area contributed by atoms with Crippen LogP contribution in [0, 0.1) is 12.7 Å². The Bertz CT molecular complexity index is 483. The Kier molecular flexibility index (Phi) is 2.51. The van der Waals surface area contributed by atoms with Crippen LogP contribution < -0.4 is 11.1 Å². The van der Waals surface area contributed by atoms with Crippen LogP contribution in [-0.2, 0) is 0 Å². The molecule has 0 fully saturated rings. The van der Waals surface area contributed by atoms with Gasteiger partial charge < -0.3 is 11.1 Å². The van der Waals surface area contributed by atoms with E-state index in [1.54, 1.807) is 0 Å². The number of halogens is 1. The van der Waals surface area contributed by atoms with E-state index >= 15 is 0 Å². The topological polar surface area (TPSA) is 63.8 Å². The number of nitrogens with two attached hydrogens (primary N) is 1. The van der Waals surface area contributed by atoms with Gasteiger partial charge in [0.25, 0.3) is 0 Å². The molecule has 78 valence electrons. The monoisotopic (exact) mass is 224 g/mol. The number of anilines is 3. The summed E-state index contributed by atoms with van der Waals surface area (Å²) in [6.45, 7) is 1.85. The summed E-state index contributed by atoms with van der Waals surface area (Å²) in [5.41, 5.74) is 6.65. The van der Waals surface area contributed by atoms with Gasteiger partial charge in [-0.15, -0.1) is 10.2 Å². The summed E-state index contributed by atoms with van der Waals surface area (Å²) >= 11 is 1.39. The molecule has 0 saturated carbocycles. The van der Waals surface area contributed by atoms with Crippen LogP contribution in [0.15, 0.2) is 18.2 Å². The molecule has 2 rings (SSSR count). The fourth-order valence-electron chi connectivity index (χ4n) is 1.10. The summed E-state index contributed by atoms with van der Waals surface area (Å²) in [4.78, 5) is 0.